The summed E-state index contributed by atoms with van der Waals surface area (Å²) in [6.45, 7) is 0. The molecule has 1 rings (SSSR count). The van der Waals surface area contributed by atoms with Crippen LogP contribution in [0.3, 0.4) is 0 Å². The Morgan fingerprint density at radius 3 is 2.71 bits per heavy atom. The van der Waals surface area contributed by atoms with Gasteiger partial charge in [-0.25, -0.2) is 13.6 Å². The Balaban J connectivity index is 3.16. The first kappa shape index (κ1) is 10.4. The summed E-state index contributed by atoms with van der Waals surface area (Å²) in [7, 11) is -3.67. The van der Waals surface area contributed by atoms with E-state index in [0.29, 0.717) is 5.56 Å². The average molecular weight is 208 g/mol. The smallest absolute Gasteiger partial charge is 0.225 e. The molecule has 0 fully saturated rings. The molecule has 5 heteroatoms. The molecule has 0 unspecified atom stereocenters. The standard InChI is InChI=1S/C9H8N2O2S/c10-6-2-4-8-3-1-5-9(7-8)14(11,12)13/h1-5,7H,(H2,11,12,13). The molecule has 0 aliphatic carbocycles. The number of nitrogens with two attached hydrogens (primary N) is 1. The normalized spacial score (nSPS) is 11.4. The lowest BCUT2D eigenvalue weighted by atomic mass is 10.2. The molecule has 0 bridgehead atoms. The van der Waals surface area contributed by atoms with Gasteiger partial charge in [0.2, 0.25) is 10.0 Å². The van der Waals surface area contributed by atoms with Crippen molar-refractivity contribution in [1.82, 2.24) is 0 Å². The molecule has 0 radical (unpaired) electrons. The Labute approximate surface area is 82.3 Å². The van der Waals surface area contributed by atoms with E-state index in [-0.39, 0.29) is 4.90 Å². The molecule has 72 valence electrons. The van der Waals surface area contributed by atoms with Gasteiger partial charge in [-0.1, -0.05) is 12.1 Å². The maximum atomic E-state index is 10.9. The van der Waals surface area contributed by atoms with Gasteiger partial charge in [-0.2, -0.15) is 5.26 Å². The van der Waals surface area contributed by atoms with E-state index < -0.39 is 10.0 Å². The number of nitrogens with zero attached hydrogens (tertiary/aromatic N) is 1. The fourth-order valence-electron chi connectivity index (χ4n) is 0.929. The number of hydrogen-bond acceptors (Lipinski definition) is 3. The van der Waals surface area contributed by atoms with Gasteiger partial charge in [0.05, 0.1) is 11.0 Å². The van der Waals surface area contributed by atoms with Gasteiger partial charge in [0.1, 0.15) is 0 Å². The molecule has 1 aromatic rings. The van der Waals surface area contributed by atoms with Crippen molar-refractivity contribution in [2.24, 2.45) is 5.14 Å². The van der Waals surface area contributed by atoms with Crippen LogP contribution >= 0.6 is 0 Å². The van der Waals surface area contributed by atoms with E-state index in [1.54, 1.807) is 12.1 Å². The summed E-state index contributed by atoms with van der Waals surface area (Å²) in [6, 6.07) is 7.87. The Bertz CT molecular complexity index is 498. The number of allylic oxidation sites excluding steroid dienone is 1. The Hall–Kier alpha value is -1.64. The minimum Gasteiger partial charge on any atom is -0.225 e. The van der Waals surface area contributed by atoms with Crippen molar-refractivity contribution in [3.63, 3.8) is 0 Å². The van der Waals surface area contributed by atoms with Crippen molar-refractivity contribution >= 4 is 16.1 Å². The van der Waals surface area contributed by atoms with Gasteiger partial charge in [0.15, 0.2) is 0 Å². The molecule has 0 heterocycles. The highest BCUT2D eigenvalue weighted by molar-refractivity contribution is 7.89. The van der Waals surface area contributed by atoms with Gasteiger partial charge >= 0.3 is 0 Å². The Morgan fingerprint density at radius 2 is 2.14 bits per heavy atom. The number of nitriles is 1. The Kier molecular flexibility index (Phi) is 3.02. The van der Waals surface area contributed by atoms with Gasteiger partial charge in [0.25, 0.3) is 0 Å². The second-order valence-corrected chi connectivity index (χ2v) is 4.14. The van der Waals surface area contributed by atoms with Crippen molar-refractivity contribution in [2.75, 3.05) is 0 Å². The highest BCUT2D eigenvalue weighted by atomic mass is 32.2. The third-order valence-electron chi connectivity index (χ3n) is 1.54. The zero-order valence-electron chi connectivity index (χ0n) is 7.21. The van der Waals surface area contributed by atoms with Crippen molar-refractivity contribution < 1.29 is 8.42 Å². The summed E-state index contributed by atoms with van der Waals surface area (Å²) in [6.07, 6.45) is 2.77. The fourth-order valence-corrected chi connectivity index (χ4v) is 1.50. The molecule has 0 aromatic heterocycles. The topological polar surface area (TPSA) is 83.9 Å². The SMILES string of the molecule is N#CC=Cc1cccc(S(N)(=O)=O)c1. The molecule has 0 aliphatic heterocycles. The number of benzene rings is 1. The molecule has 0 aliphatic rings. The fraction of sp³-hybridized carbons (Fsp3) is 0. The third-order valence-corrected chi connectivity index (χ3v) is 2.45. The van der Waals surface area contributed by atoms with Gasteiger partial charge in [-0.3, -0.25) is 0 Å². The monoisotopic (exact) mass is 208 g/mol. The van der Waals surface area contributed by atoms with Gasteiger partial charge in [-0.05, 0) is 23.8 Å². The van der Waals surface area contributed by atoms with E-state index in [2.05, 4.69) is 0 Å². The van der Waals surface area contributed by atoms with Crippen molar-refractivity contribution in [2.45, 2.75) is 4.90 Å². The van der Waals surface area contributed by atoms with Crippen molar-refractivity contribution in [1.29, 1.82) is 5.26 Å². The molecule has 0 spiro atoms. The van der Waals surface area contributed by atoms with Crippen LogP contribution in [0.1, 0.15) is 5.56 Å². The van der Waals surface area contributed by atoms with Crippen LogP contribution in [-0.2, 0) is 10.0 Å². The lowest BCUT2D eigenvalue weighted by Gasteiger charge is -1.98. The number of primary sulfonamides is 1. The van der Waals surface area contributed by atoms with E-state index in [1.807, 2.05) is 6.07 Å². The quantitative estimate of drug-likeness (QED) is 0.732. The second kappa shape index (κ2) is 4.05. The molecular weight excluding hydrogens is 200 g/mol. The maximum Gasteiger partial charge on any atom is 0.238 e. The van der Waals surface area contributed by atoms with E-state index in [9.17, 15) is 8.42 Å². The Morgan fingerprint density at radius 1 is 1.43 bits per heavy atom. The first-order valence-corrected chi connectivity index (χ1v) is 5.28. The summed E-state index contributed by atoms with van der Waals surface area (Å²) in [5.74, 6) is 0. The van der Waals surface area contributed by atoms with Crippen LogP contribution in [0.25, 0.3) is 6.08 Å². The molecule has 1 aromatic carbocycles. The van der Waals surface area contributed by atoms with Crippen molar-refractivity contribution in [3.05, 3.63) is 35.9 Å². The summed E-state index contributed by atoms with van der Waals surface area (Å²) in [5.41, 5.74) is 0.623. The van der Waals surface area contributed by atoms with Gasteiger partial charge in [-0.15, -0.1) is 0 Å². The second-order valence-electron chi connectivity index (χ2n) is 2.58. The lowest BCUT2D eigenvalue weighted by Crippen LogP contribution is -2.11. The van der Waals surface area contributed by atoms with E-state index in [0.717, 1.165) is 0 Å². The molecular formula is C9H8N2O2S. The lowest BCUT2D eigenvalue weighted by molar-refractivity contribution is 0.598. The summed E-state index contributed by atoms with van der Waals surface area (Å²) < 4.78 is 21.9. The molecule has 0 amide bonds. The zero-order chi connectivity index (χ0) is 10.6. The van der Waals surface area contributed by atoms with Gasteiger partial charge in [0, 0.05) is 6.08 Å². The first-order chi connectivity index (χ1) is 6.54. The largest absolute Gasteiger partial charge is 0.238 e. The highest BCUT2D eigenvalue weighted by Crippen LogP contribution is 2.10. The van der Waals surface area contributed by atoms with Crippen molar-refractivity contribution in [3.8, 4) is 6.07 Å². The van der Waals surface area contributed by atoms with E-state index in [1.165, 1.54) is 24.3 Å². The number of rotatable bonds is 2. The van der Waals surface area contributed by atoms with Crippen LogP contribution in [0.4, 0.5) is 0 Å². The van der Waals surface area contributed by atoms with Crippen LogP contribution < -0.4 is 5.14 Å². The maximum absolute atomic E-state index is 10.9. The predicted octanol–water partition coefficient (Wildman–Crippen LogP) is 0.871. The first-order valence-electron chi connectivity index (χ1n) is 3.73. The van der Waals surface area contributed by atoms with Crippen LogP contribution in [0.15, 0.2) is 35.2 Å². The minimum absolute atomic E-state index is 0.0394. The highest BCUT2D eigenvalue weighted by Gasteiger charge is 2.06. The molecule has 14 heavy (non-hydrogen) atoms. The van der Waals surface area contributed by atoms with E-state index in [4.69, 9.17) is 10.4 Å². The van der Waals surface area contributed by atoms with Crippen LogP contribution in [-0.4, -0.2) is 8.42 Å². The van der Waals surface area contributed by atoms with Crippen LogP contribution in [0, 0.1) is 11.3 Å². The summed E-state index contributed by atoms with van der Waals surface area (Å²) in [4.78, 5) is 0.0394. The molecule has 0 saturated carbocycles. The molecule has 2 N–H and O–H groups in total. The summed E-state index contributed by atoms with van der Waals surface area (Å²) >= 11 is 0. The third kappa shape index (κ3) is 2.69. The zero-order valence-corrected chi connectivity index (χ0v) is 8.03. The number of sulfonamides is 1. The summed E-state index contributed by atoms with van der Waals surface area (Å²) in [5, 5.41) is 13.2. The molecule has 4 nitrogen and oxygen atoms in total. The minimum atomic E-state index is -3.67. The van der Waals surface area contributed by atoms with E-state index >= 15 is 0 Å². The van der Waals surface area contributed by atoms with Crippen LogP contribution in [0.2, 0.25) is 0 Å². The molecule has 0 saturated heterocycles. The number of hydrogen-bond donors (Lipinski definition) is 1. The average Bonchev–Trinajstić information content (AvgIpc) is 2.14. The molecule has 0 atom stereocenters. The van der Waals surface area contributed by atoms with Gasteiger partial charge < -0.3 is 0 Å². The predicted molar refractivity (Wildman–Crippen MR) is 52.5 cm³/mol. The van der Waals surface area contributed by atoms with Crippen LogP contribution in [0.5, 0.6) is 0 Å².